The Balaban J connectivity index is 4.88. The number of rotatable bonds is 29. The van der Waals surface area contributed by atoms with Crippen molar-refractivity contribution in [1.29, 1.82) is 0 Å². The lowest BCUT2D eigenvalue weighted by atomic mass is 9.91. The first-order chi connectivity index (χ1) is 25.4. The molecule has 0 fully saturated rings. The largest absolute Gasteiger partial charge is 0.464 e. The highest BCUT2D eigenvalue weighted by atomic mass is 127. The van der Waals surface area contributed by atoms with Gasteiger partial charge in [0.2, 0.25) is 17.7 Å². The Morgan fingerprint density at radius 2 is 1.15 bits per heavy atom. The van der Waals surface area contributed by atoms with Crippen LogP contribution >= 0.6 is 22.6 Å². The molecule has 0 radical (unpaired) electrons. The van der Waals surface area contributed by atoms with Crippen molar-refractivity contribution in [2.75, 3.05) is 97.6 Å². The molecule has 0 rings (SSSR count). The van der Waals surface area contributed by atoms with E-state index in [0.29, 0.717) is 6.42 Å². The molecule has 0 aromatic rings. The predicted octanol–water partition coefficient (Wildman–Crippen LogP) is 0.0570. The molecule has 0 saturated heterocycles. The first-order valence-electron chi connectivity index (χ1n) is 18.3. The molecule has 19 heteroatoms. The van der Waals surface area contributed by atoms with Gasteiger partial charge in [-0.15, -0.1) is 0 Å². The topological polar surface area (TPSA) is 249 Å². The van der Waals surface area contributed by atoms with Crippen molar-refractivity contribution < 1.29 is 57.2 Å². The second-order valence-electron chi connectivity index (χ2n) is 15.8. The van der Waals surface area contributed by atoms with Crippen molar-refractivity contribution >= 4 is 58.2 Å². The molecular weight excluding hydrogens is 835 g/mol. The monoisotopic (exact) mass is 902 g/mol. The van der Waals surface area contributed by atoms with Gasteiger partial charge in [0.25, 0.3) is 0 Å². The van der Waals surface area contributed by atoms with Gasteiger partial charge in [-0.1, -0.05) is 22.6 Å². The van der Waals surface area contributed by atoms with E-state index in [1.165, 1.54) is 27.7 Å². The Hall–Kier alpha value is -2.69. The summed E-state index contributed by atoms with van der Waals surface area (Å²) in [6.07, 6.45) is 2.26. The summed E-state index contributed by atoms with van der Waals surface area (Å²) in [6, 6.07) is -0.601. The van der Waals surface area contributed by atoms with Crippen molar-refractivity contribution in [2.45, 2.75) is 84.8 Å². The maximum absolute atomic E-state index is 12.7. The molecule has 0 aromatic carbocycles. The van der Waals surface area contributed by atoms with Crippen LogP contribution in [0.3, 0.4) is 0 Å². The summed E-state index contributed by atoms with van der Waals surface area (Å²) in [5, 5.41) is 8.23. The van der Waals surface area contributed by atoms with Gasteiger partial charge >= 0.3 is 17.9 Å². The van der Waals surface area contributed by atoms with Crippen LogP contribution in [0.15, 0.2) is 0 Å². The van der Waals surface area contributed by atoms with E-state index in [9.17, 15) is 28.8 Å². The molecule has 0 aromatic heterocycles. The number of carbonyl (C=O) groups is 6. The summed E-state index contributed by atoms with van der Waals surface area (Å²) in [5.41, 5.74) is 6.79. The SMILES string of the molecule is CN(C)CCCCC(NC(=O)CI)C(=O)NCCOCCOCCNC(=O)COCC(COC(=O)C(C)(C)C)(COC(=O)C(C)(C)N)COC(=O)C(C)(C)N. The van der Waals surface area contributed by atoms with Gasteiger partial charge in [-0.2, -0.15) is 0 Å². The molecule has 0 aliphatic heterocycles. The van der Waals surface area contributed by atoms with Crippen LogP contribution in [0.4, 0.5) is 0 Å². The fourth-order valence-electron chi connectivity index (χ4n) is 4.14. The molecule has 0 saturated carbocycles. The van der Waals surface area contributed by atoms with Gasteiger partial charge in [-0.3, -0.25) is 28.8 Å². The number of nitrogens with two attached hydrogens (primary N) is 2. The number of esters is 3. The highest BCUT2D eigenvalue weighted by molar-refractivity contribution is 14.1. The molecule has 1 unspecified atom stereocenters. The van der Waals surface area contributed by atoms with Crippen LogP contribution in [0.25, 0.3) is 0 Å². The second-order valence-corrected chi connectivity index (χ2v) is 16.6. The number of halogens is 1. The van der Waals surface area contributed by atoms with E-state index in [0.717, 1.165) is 19.4 Å². The lowest BCUT2D eigenvalue weighted by Gasteiger charge is -2.34. The zero-order chi connectivity index (χ0) is 42.3. The smallest absolute Gasteiger partial charge is 0.325 e. The number of alkyl halides is 1. The maximum Gasteiger partial charge on any atom is 0.325 e. The molecular formula is C36H67IN6O12. The van der Waals surface area contributed by atoms with E-state index in [-0.39, 0.29) is 69.0 Å². The van der Waals surface area contributed by atoms with Crippen molar-refractivity contribution in [2.24, 2.45) is 22.3 Å². The Kier molecular flexibility index (Phi) is 25.0. The molecule has 18 nitrogen and oxygen atoms in total. The van der Waals surface area contributed by atoms with Gasteiger partial charge in [-0.25, -0.2) is 0 Å². The number of carbonyl (C=O) groups excluding carboxylic acids is 6. The molecule has 0 bridgehead atoms. The number of hydrogen-bond acceptors (Lipinski definition) is 15. The third-order valence-corrected chi connectivity index (χ3v) is 8.13. The highest BCUT2D eigenvalue weighted by Gasteiger charge is 2.40. The van der Waals surface area contributed by atoms with Crippen LogP contribution in [0.5, 0.6) is 0 Å². The fourth-order valence-corrected chi connectivity index (χ4v) is 4.36. The van der Waals surface area contributed by atoms with Crippen LogP contribution in [0, 0.1) is 10.8 Å². The minimum absolute atomic E-state index is 0.165. The molecule has 0 heterocycles. The van der Waals surface area contributed by atoms with Crippen molar-refractivity contribution in [3.8, 4) is 0 Å². The summed E-state index contributed by atoms with van der Waals surface area (Å²) < 4.78 is 33.4. The Morgan fingerprint density at radius 3 is 1.60 bits per heavy atom. The lowest BCUT2D eigenvalue weighted by Crippen LogP contribution is -2.50. The Labute approximate surface area is 340 Å². The normalized spacial score (nSPS) is 12.8. The molecule has 320 valence electrons. The van der Waals surface area contributed by atoms with E-state index >= 15 is 0 Å². The van der Waals surface area contributed by atoms with Crippen LogP contribution in [0.1, 0.15) is 67.7 Å². The van der Waals surface area contributed by atoms with E-state index < -0.39 is 71.6 Å². The Bertz CT molecular complexity index is 1130. The van der Waals surface area contributed by atoms with Gasteiger partial charge in [0, 0.05) is 13.1 Å². The van der Waals surface area contributed by atoms with Crippen molar-refractivity contribution in [3.63, 3.8) is 0 Å². The molecule has 55 heavy (non-hydrogen) atoms. The van der Waals surface area contributed by atoms with Gasteiger partial charge in [0.05, 0.1) is 48.3 Å². The number of hydrogen-bond donors (Lipinski definition) is 5. The second kappa shape index (κ2) is 26.3. The van der Waals surface area contributed by atoms with Crippen LogP contribution in [-0.2, 0) is 57.2 Å². The summed E-state index contributed by atoms with van der Waals surface area (Å²) in [7, 11) is 3.97. The van der Waals surface area contributed by atoms with Crippen molar-refractivity contribution in [3.05, 3.63) is 0 Å². The summed E-state index contributed by atoms with van der Waals surface area (Å²) in [4.78, 5) is 76.9. The van der Waals surface area contributed by atoms with Crippen LogP contribution < -0.4 is 27.4 Å². The zero-order valence-electron chi connectivity index (χ0n) is 34.3. The van der Waals surface area contributed by atoms with Gasteiger partial charge in [-0.05, 0) is 88.4 Å². The van der Waals surface area contributed by atoms with E-state index in [4.69, 9.17) is 39.9 Å². The zero-order valence-corrected chi connectivity index (χ0v) is 36.4. The highest BCUT2D eigenvalue weighted by Crippen LogP contribution is 2.25. The maximum atomic E-state index is 12.7. The van der Waals surface area contributed by atoms with Gasteiger partial charge in [0.1, 0.15) is 43.5 Å². The minimum atomic E-state index is -1.41. The summed E-state index contributed by atoms with van der Waals surface area (Å²) in [5.74, 6) is -3.01. The third-order valence-electron chi connectivity index (χ3n) is 7.44. The molecule has 1 atom stereocenters. The molecule has 0 aliphatic carbocycles. The van der Waals surface area contributed by atoms with Crippen LogP contribution in [0.2, 0.25) is 0 Å². The summed E-state index contributed by atoms with van der Waals surface area (Å²) in [6.45, 7) is 11.1. The number of nitrogens with one attached hydrogen (secondary N) is 3. The average Bonchev–Trinajstić information content (AvgIpc) is 3.08. The van der Waals surface area contributed by atoms with Crippen LogP contribution in [-0.4, -0.2) is 155 Å². The lowest BCUT2D eigenvalue weighted by molar-refractivity contribution is -0.175. The van der Waals surface area contributed by atoms with E-state index in [1.807, 2.05) is 36.7 Å². The van der Waals surface area contributed by atoms with Gasteiger partial charge < -0.3 is 60.7 Å². The standard InChI is InChI=1S/C36H67IN6O12/c1-33(2,3)30(47)53-23-36(24-54-31(48)34(4,5)38,25-55-32(49)35(6,7)39)22-52-21-28(45)40-13-16-50-18-19-51-17-14-41-29(46)26(42-27(44)20-37)12-10-11-15-43(8)9/h26H,10-25,38-39H2,1-9H3,(H,40,45)(H,41,46)(H,42,44). The molecule has 0 aliphatic rings. The number of unbranched alkanes of at least 4 members (excludes halogenated alkanes) is 1. The third kappa shape index (κ3) is 25.2. The van der Waals surface area contributed by atoms with E-state index in [1.54, 1.807) is 20.8 Å². The molecule has 3 amide bonds. The van der Waals surface area contributed by atoms with E-state index in [2.05, 4.69) is 20.9 Å². The molecule has 0 spiro atoms. The average molecular weight is 903 g/mol. The summed E-state index contributed by atoms with van der Waals surface area (Å²) >= 11 is 1.96. The fraction of sp³-hybridized carbons (Fsp3) is 0.833. The Morgan fingerprint density at radius 1 is 0.655 bits per heavy atom. The van der Waals surface area contributed by atoms with Crippen molar-refractivity contribution in [1.82, 2.24) is 20.9 Å². The molecule has 7 N–H and O–H groups in total. The predicted molar refractivity (Wildman–Crippen MR) is 213 cm³/mol. The quantitative estimate of drug-likeness (QED) is 0.0219. The number of nitrogens with zero attached hydrogens (tertiary/aromatic N) is 1. The minimum Gasteiger partial charge on any atom is -0.464 e. The number of ether oxygens (including phenoxy) is 6. The number of amides is 3. The van der Waals surface area contributed by atoms with Gasteiger partial charge in [0.15, 0.2) is 0 Å². The first-order valence-corrected chi connectivity index (χ1v) is 19.8. The first kappa shape index (κ1) is 52.3.